The average Bonchev–Trinajstić information content (AvgIpc) is 2.61. The van der Waals surface area contributed by atoms with E-state index < -0.39 is 0 Å². The normalized spacial score (nSPS) is 10.4. The lowest BCUT2D eigenvalue weighted by atomic mass is 9.94. The van der Waals surface area contributed by atoms with Gasteiger partial charge in [-0.25, -0.2) is 0 Å². The van der Waals surface area contributed by atoms with Crippen LogP contribution in [0.4, 0.5) is 0 Å². The molecular weight excluding hydrogens is 286 g/mol. The van der Waals surface area contributed by atoms with Crippen molar-refractivity contribution in [2.45, 2.75) is 6.92 Å². The molecule has 0 N–H and O–H groups in total. The maximum Gasteiger partial charge on any atom is 0.161 e. The molecule has 2 aromatic carbocycles. The molecule has 0 atom stereocenters. The molecule has 3 aromatic rings. The van der Waals surface area contributed by atoms with Crippen molar-refractivity contribution >= 4 is 0 Å². The highest BCUT2D eigenvalue weighted by Gasteiger charge is 2.13. The Hall–Kier alpha value is -2.81. The average molecular weight is 305 g/mol. The second-order valence-electron chi connectivity index (χ2n) is 5.25. The van der Waals surface area contributed by atoms with E-state index in [9.17, 15) is 0 Å². The van der Waals surface area contributed by atoms with Gasteiger partial charge >= 0.3 is 0 Å². The van der Waals surface area contributed by atoms with Crippen LogP contribution in [0.2, 0.25) is 0 Å². The first kappa shape index (κ1) is 15.1. The lowest BCUT2D eigenvalue weighted by Crippen LogP contribution is -1.95. The molecule has 0 amide bonds. The highest BCUT2D eigenvalue weighted by Crippen LogP contribution is 2.38. The van der Waals surface area contributed by atoms with Gasteiger partial charge in [0.05, 0.1) is 14.2 Å². The molecule has 0 saturated heterocycles. The van der Waals surface area contributed by atoms with E-state index >= 15 is 0 Å². The fourth-order valence-corrected chi connectivity index (χ4v) is 2.78. The minimum absolute atomic E-state index is 0.715. The third kappa shape index (κ3) is 2.90. The lowest BCUT2D eigenvalue weighted by Gasteiger charge is -2.15. The summed E-state index contributed by atoms with van der Waals surface area (Å²) in [5.41, 5.74) is 5.48. The Bertz CT molecular complexity index is 813. The summed E-state index contributed by atoms with van der Waals surface area (Å²) in [6, 6.07) is 18.3. The number of aryl methyl sites for hydroxylation is 1. The van der Waals surface area contributed by atoms with Gasteiger partial charge in [0, 0.05) is 17.5 Å². The van der Waals surface area contributed by atoms with Crippen molar-refractivity contribution in [3.05, 3.63) is 66.5 Å². The molecule has 0 bridgehead atoms. The van der Waals surface area contributed by atoms with Gasteiger partial charge in [-0.05, 0) is 41.8 Å². The van der Waals surface area contributed by atoms with Gasteiger partial charge in [0.15, 0.2) is 11.5 Å². The van der Waals surface area contributed by atoms with Gasteiger partial charge in [0.2, 0.25) is 0 Å². The van der Waals surface area contributed by atoms with E-state index in [0.717, 1.165) is 28.1 Å². The Kier molecular flexibility index (Phi) is 4.29. The molecule has 23 heavy (non-hydrogen) atoms. The van der Waals surface area contributed by atoms with Gasteiger partial charge in [-0.3, -0.25) is 4.98 Å². The van der Waals surface area contributed by atoms with Crippen molar-refractivity contribution in [1.82, 2.24) is 4.98 Å². The van der Waals surface area contributed by atoms with E-state index in [-0.39, 0.29) is 0 Å². The number of nitrogens with zero attached hydrogens (tertiary/aromatic N) is 1. The third-order valence-corrected chi connectivity index (χ3v) is 3.90. The first-order valence-corrected chi connectivity index (χ1v) is 7.48. The number of benzene rings is 2. The number of rotatable bonds is 4. The zero-order valence-electron chi connectivity index (χ0n) is 13.5. The number of ether oxygens (including phenoxy) is 2. The number of hydrogen-bond donors (Lipinski definition) is 0. The largest absolute Gasteiger partial charge is 0.493 e. The first-order chi connectivity index (χ1) is 11.2. The van der Waals surface area contributed by atoms with E-state index in [1.807, 2.05) is 55.6 Å². The van der Waals surface area contributed by atoms with Crippen LogP contribution in [0.25, 0.3) is 22.3 Å². The van der Waals surface area contributed by atoms with Crippen molar-refractivity contribution in [2.24, 2.45) is 0 Å². The van der Waals surface area contributed by atoms with Crippen molar-refractivity contribution in [3.8, 4) is 33.8 Å². The Morgan fingerprint density at radius 3 is 2.22 bits per heavy atom. The number of methoxy groups -OCH3 is 2. The summed E-state index contributed by atoms with van der Waals surface area (Å²) in [4.78, 5) is 4.47. The number of hydrogen-bond acceptors (Lipinski definition) is 3. The smallest absolute Gasteiger partial charge is 0.161 e. The molecule has 116 valence electrons. The van der Waals surface area contributed by atoms with Gasteiger partial charge in [-0.2, -0.15) is 0 Å². The molecule has 3 heteroatoms. The number of aromatic nitrogens is 1. The monoisotopic (exact) mass is 305 g/mol. The number of pyridine rings is 1. The van der Waals surface area contributed by atoms with Crippen molar-refractivity contribution in [2.75, 3.05) is 14.2 Å². The summed E-state index contributed by atoms with van der Waals surface area (Å²) in [5.74, 6) is 1.44. The molecule has 0 aliphatic rings. The topological polar surface area (TPSA) is 31.4 Å². The van der Waals surface area contributed by atoms with Crippen LogP contribution in [0, 0.1) is 6.92 Å². The van der Waals surface area contributed by atoms with Crippen LogP contribution in [-0.2, 0) is 0 Å². The molecule has 1 heterocycles. The first-order valence-electron chi connectivity index (χ1n) is 7.48. The van der Waals surface area contributed by atoms with E-state index in [1.54, 1.807) is 14.2 Å². The maximum atomic E-state index is 5.44. The Morgan fingerprint density at radius 2 is 1.52 bits per heavy atom. The highest BCUT2D eigenvalue weighted by molar-refractivity contribution is 5.85. The summed E-state index contributed by atoms with van der Waals surface area (Å²) in [5, 5.41) is 0. The Morgan fingerprint density at radius 1 is 0.783 bits per heavy atom. The van der Waals surface area contributed by atoms with Crippen molar-refractivity contribution < 1.29 is 9.47 Å². The lowest BCUT2D eigenvalue weighted by molar-refractivity contribution is 0.355. The molecule has 3 rings (SSSR count). The zero-order chi connectivity index (χ0) is 16.2. The van der Waals surface area contributed by atoms with Crippen LogP contribution in [0.1, 0.15) is 5.69 Å². The molecule has 0 saturated carbocycles. The quantitative estimate of drug-likeness (QED) is 0.697. The van der Waals surface area contributed by atoms with Crippen LogP contribution in [0.5, 0.6) is 11.5 Å². The summed E-state index contributed by atoms with van der Waals surface area (Å²) < 4.78 is 10.8. The molecular formula is C20H19NO2. The molecule has 0 fully saturated rings. The molecule has 1 aromatic heterocycles. The minimum atomic E-state index is 0.715. The summed E-state index contributed by atoms with van der Waals surface area (Å²) >= 11 is 0. The Balaban J connectivity index is 2.21. The maximum absolute atomic E-state index is 5.44. The van der Waals surface area contributed by atoms with Gasteiger partial charge in [0.1, 0.15) is 0 Å². The third-order valence-electron chi connectivity index (χ3n) is 3.90. The Labute approximate surface area is 136 Å². The second kappa shape index (κ2) is 6.53. The van der Waals surface area contributed by atoms with Crippen molar-refractivity contribution in [1.29, 1.82) is 0 Å². The summed E-state index contributed by atoms with van der Waals surface area (Å²) in [7, 11) is 3.29. The fraction of sp³-hybridized carbons (Fsp3) is 0.150. The predicted octanol–water partition coefficient (Wildman–Crippen LogP) is 4.74. The SMILES string of the molecule is COc1ccc(-c2c(-c3ccccc3)ccnc2C)cc1OC. The van der Waals surface area contributed by atoms with Gasteiger partial charge in [-0.15, -0.1) is 0 Å². The van der Waals surface area contributed by atoms with Crippen LogP contribution in [-0.4, -0.2) is 19.2 Å². The van der Waals surface area contributed by atoms with E-state index in [1.165, 1.54) is 5.56 Å². The standard InChI is InChI=1S/C20H19NO2/c1-14-20(16-9-10-18(22-2)19(13-16)23-3)17(11-12-21-14)15-7-5-4-6-8-15/h4-13H,1-3H3. The van der Waals surface area contributed by atoms with Gasteiger partial charge in [0.25, 0.3) is 0 Å². The fourth-order valence-electron chi connectivity index (χ4n) is 2.78. The molecule has 0 spiro atoms. The second-order valence-corrected chi connectivity index (χ2v) is 5.25. The van der Waals surface area contributed by atoms with Crippen LogP contribution in [0.15, 0.2) is 60.8 Å². The summed E-state index contributed by atoms with van der Waals surface area (Å²) in [6.07, 6.45) is 1.85. The molecule has 0 unspecified atom stereocenters. The molecule has 0 radical (unpaired) electrons. The van der Waals surface area contributed by atoms with E-state index in [0.29, 0.717) is 5.75 Å². The zero-order valence-corrected chi connectivity index (χ0v) is 13.5. The van der Waals surface area contributed by atoms with E-state index in [4.69, 9.17) is 9.47 Å². The van der Waals surface area contributed by atoms with Gasteiger partial charge < -0.3 is 9.47 Å². The van der Waals surface area contributed by atoms with Gasteiger partial charge in [-0.1, -0.05) is 36.4 Å². The van der Waals surface area contributed by atoms with Crippen LogP contribution >= 0.6 is 0 Å². The van der Waals surface area contributed by atoms with Crippen LogP contribution < -0.4 is 9.47 Å². The molecule has 0 aliphatic carbocycles. The van der Waals surface area contributed by atoms with Crippen LogP contribution in [0.3, 0.4) is 0 Å². The predicted molar refractivity (Wildman–Crippen MR) is 93.0 cm³/mol. The van der Waals surface area contributed by atoms with E-state index in [2.05, 4.69) is 17.1 Å². The minimum Gasteiger partial charge on any atom is -0.493 e. The molecule has 0 aliphatic heterocycles. The highest BCUT2D eigenvalue weighted by atomic mass is 16.5. The summed E-state index contributed by atoms with van der Waals surface area (Å²) in [6.45, 7) is 2.03. The van der Waals surface area contributed by atoms with Crippen molar-refractivity contribution in [3.63, 3.8) is 0 Å². The molecule has 3 nitrogen and oxygen atoms in total.